The van der Waals surface area contributed by atoms with Gasteiger partial charge in [-0.2, -0.15) is 0 Å². The first-order valence-electron chi connectivity index (χ1n) is 7.97. The highest BCUT2D eigenvalue weighted by Gasteiger charge is 2.21. The Morgan fingerprint density at radius 1 is 1.19 bits per heavy atom. The summed E-state index contributed by atoms with van der Waals surface area (Å²) in [6, 6.07) is 3.91. The highest BCUT2D eigenvalue weighted by Crippen LogP contribution is 2.17. The van der Waals surface area contributed by atoms with E-state index in [9.17, 15) is 17.2 Å². The minimum atomic E-state index is -4.22. The largest absolute Gasteiger partial charge is 0.378 e. The highest BCUT2D eigenvalue weighted by atomic mass is 32.2. The van der Waals surface area contributed by atoms with E-state index in [-0.39, 0.29) is 6.54 Å². The van der Waals surface area contributed by atoms with Gasteiger partial charge in [-0.1, -0.05) is 0 Å². The molecule has 0 spiro atoms. The van der Waals surface area contributed by atoms with Crippen molar-refractivity contribution < 1.29 is 21.9 Å². The number of morpholine rings is 1. The monoisotopic (exact) mass is 384 g/mol. The first kappa shape index (κ1) is 18.6. The van der Waals surface area contributed by atoms with Gasteiger partial charge in [0, 0.05) is 18.8 Å². The van der Waals surface area contributed by atoms with Gasteiger partial charge in [0.15, 0.2) is 0 Å². The predicted octanol–water partition coefficient (Wildman–Crippen LogP) is 1.38. The number of nitrogens with zero attached hydrogens (tertiary/aromatic N) is 3. The molecule has 0 saturated carbocycles. The summed E-state index contributed by atoms with van der Waals surface area (Å²) in [5.74, 6) is -1.37. The van der Waals surface area contributed by atoms with Gasteiger partial charge in [0.2, 0.25) is 16.0 Å². The highest BCUT2D eigenvalue weighted by molar-refractivity contribution is 7.89. The Morgan fingerprint density at radius 3 is 2.65 bits per heavy atom. The molecule has 10 heteroatoms. The van der Waals surface area contributed by atoms with Gasteiger partial charge in [0.05, 0.1) is 25.5 Å². The van der Waals surface area contributed by atoms with Crippen LogP contribution >= 0.6 is 0 Å². The zero-order valence-corrected chi connectivity index (χ0v) is 14.9. The molecule has 1 aliphatic heterocycles. The topological polar surface area (TPSA) is 84.4 Å². The number of hydrogen-bond acceptors (Lipinski definition) is 6. The van der Waals surface area contributed by atoms with E-state index in [1.54, 1.807) is 13.0 Å². The van der Waals surface area contributed by atoms with Gasteiger partial charge < -0.3 is 9.64 Å². The van der Waals surface area contributed by atoms with E-state index in [1.165, 1.54) is 0 Å². The van der Waals surface area contributed by atoms with E-state index < -0.39 is 26.6 Å². The van der Waals surface area contributed by atoms with Crippen LogP contribution in [-0.4, -0.2) is 44.7 Å². The Morgan fingerprint density at radius 2 is 1.92 bits per heavy atom. The molecule has 1 aromatic heterocycles. The fourth-order valence-electron chi connectivity index (χ4n) is 2.54. The fourth-order valence-corrected chi connectivity index (χ4v) is 3.63. The Kier molecular flexibility index (Phi) is 5.44. The van der Waals surface area contributed by atoms with Crippen molar-refractivity contribution in [3.63, 3.8) is 0 Å². The summed E-state index contributed by atoms with van der Waals surface area (Å²) < 4.78 is 59.1. The second-order valence-corrected chi connectivity index (χ2v) is 7.53. The predicted molar refractivity (Wildman–Crippen MR) is 90.2 cm³/mol. The molecule has 7 nitrogen and oxygen atoms in total. The van der Waals surface area contributed by atoms with Gasteiger partial charge in [-0.25, -0.2) is 31.9 Å². The molecular formula is C16H18F2N4O3S. The summed E-state index contributed by atoms with van der Waals surface area (Å²) in [6.07, 6.45) is 0. The lowest BCUT2D eigenvalue weighted by atomic mass is 10.3. The van der Waals surface area contributed by atoms with Crippen molar-refractivity contribution in [2.45, 2.75) is 18.4 Å². The molecule has 2 aromatic rings. The van der Waals surface area contributed by atoms with Crippen molar-refractivity contribution in [1.29, 1.82) is 0 Å². The van der Waals surface area contributed by atoms with Crippen LogP contribution in [0, 0.1) is 18.6 Å². The third kappa shape index (κ3) is 4.32. The molecule has 140 valence electrons. The van der Waals surface area contributed by atoms with Crippen molar-refractivity contribution in [3.8, 4) is 0 Å². The number of sulfonamides is 1. The second kappa shape index (κ2) is 7.60. The SMILES string of the molecule is Cc1cc(CNS(=O)(=O)c2cc(F)ccc2F)nc(N2CCOCC2)n1. The molecule has 1 aromatic carbocycles. The maximum atomic E-state index is 13.7. The van der Waals surface area contributed by atoms with Crippen LogP contribution in [0.15, 0.2) is 29.2 Å². The molecule has 0 radical (unpaired) electrons. The number of halogens is 2. The van der Waals surface area contributed by atoms with Crippen LogP contribution in [-0.2, 0) is 21.3 Å². The van der Waals surface area contributed by atoms with E-state index in [2.05, 4.69) is 14.7 Å². The fraction of sp³-hybridized carbons (Fsp3) is 0.375. The van der Waals surface area contributed by atoms with Crippen LogP contribution in [0.25, 0.3) is 0 Å². The third-order valence-corrected chi connectivity index (χ3v) is 5.23. The Labute approximate surface area is 150 Å². The van der Waals surface area contributed by atoms with E-state index >= 15 is 0 Å². The molecule has 3 rings (SSSR count). The van der Waals surface area contributed by atoms with E-state index in [0.29, 0.717) is 49.7 Å². The number of nitrogens with one attached hydrogen (secondary N) is 1. The van der Waals surface area contributed by atoms with Crippen LogP contribution in [0.1, 0.15) is 11.4 Å². The van der Waals surface area contributed by atoms with Crippen LogP contribution in [0.3, 0.4) is 0 Å². The van der Waals surface area contributed by atoms with Crippen LogP contribution in [0.5, 0.6) is 0 Å². The number of hydrogen-bond donors (Lipinski definition) is 1. The second-order valence-electron chi connectivity index (χ2n) is 5.80. The molecule has 0 unspecified atom stereocenters. The minimum absolute atomic E-state index is 0.168. The lowest BCUT2D eigenvalue weighted by Gasteiger charge is -2.27. The lowest BCUT2D eigenvalue weighted by Crippen LogP contribution is -2.37. The van der Waals surface area contributed by atoms with Crippen molar-refractivity contribution >= 4 is 16.0 Å². The van der Waals surface area contributed by atoms with Crippen molar-refractivity contribution in [1.82, 2.24) is 14.7 Å². The van der Waals surface area contributed by atoms with Crippen molar-refractivity contribution in [2.75, 3.05) is 31.2 Å². The average Bonchev–Trinajstić information content (AvgIpc) is 2.62. The number of benzene rings is 1. The third-order valence-electron chi connectivity index (χ3n) is 3.82. The maximum absolute atomic E-state index is 13.7. The molecule has 0 aliphatic carbocycles. The van der Waals surface area contributed by atoms with E-state index in [1.807, 2.05) is 4.90 Å². The summed E-state index contributed by atoms with van der Waals surface area (Å²) >= 11 is 0. The van der Waals surface area contributed by atoms with Gasteiger partial charge in [-0.3, -0.25) is 0 Å². The molecule has 26 heavy (non-hydrogen) atoms. The molecule has 1 fully saturated rings. The molecule has 0 amide bonds. The molecule has 0 bridgehead atoms. The van der Waals surface area contributed by atoms with Gasteiger partial charge >= 0.3 is 0 Å². The summed E-state index contributed by atoms with van der Waals surface area (Å²) in [7, 11) is -4.22. The zero-order valence-electron chi connectivity index (χ0n) is 14.1. The lowest BCUT2D eigenvalue weighted by molar-refractivity contribution is 0.122. The van der Waals surface area contributed by atoms with Gasteiger partial charge in [0.25, 0.3) is 0 Å². The molecule has 0 atom stereocenters. The smallest absolute Gasteiger partial charge is 0.243 e. The maximum Gasteiger partial charge on any atom is 0.243 e. The summed E-state index contributed by atoms with van der Waals surface area (Å²) in [4.78, 5) is 9.92. The van der Waals surface area contributed by atoms with Crippen LogP contribution in [0.4, 0.5) is 14.7 Å². The molecule has 1 N–H and O–H groups in total. The van der Waals surface area contributed by atoms with Crippen molar-refractivity contribution in [2.24, 2.45) is 0 Å². The summed E-state index contributed by atoms with van der Waals surface area (Å²) in [5.41, 5.74) is 1.10. The summed E-state index contributed by atoms with van der Waals surface area (Å²) in [6.45, 7) is 4.03. The number of rotatable bonds is 5. The quantitative estimate of drug-likeness (QED) is 0.839. The Balaban J connectivity index is 1.78. The first-order chi connectivity index (χ1) is 12.3. The number of anilines is 1. The zero-order chi connectivity index (χ0) is 18.7. The molecule has 2 heterocycles. The molecule has 1 aliphatic rings. The molecular weight excluding hydrogens is 366 g/mol. The first-order valence-corrected chi connectivity index (χ1v) is 9.45. The number of ether oxygens (including phenoxy) is 1. The molecule has 1 saturated heterocycles. The Bertz CT molecular complexity index is 902. The van der Waals surface area contributed by atoms with Crippen molar-refractivity contribution in [3.05, 3.63) is 47.3 Å². The van der Waals surface area contributed by atoms with E-state index in [0.717, 1.165) is 12.1 Å². The van der Waals surface area contributed by atoms with Crippen LogP contribution in [0.2, 0.25) is 0 Å². The average molecular weight is 384 g/mol. The van der Waals surface area contributed by atoms with Gasteiger partial charge in [-0.05, 0) is 31.2 Å². The standard InChI is InChI=1S/C16H18F2N4O3S/c1-11-8-13(21-16(20-11)22-4-6-25-7-5-22)10-19-26(23,24)15-9-12(17)2-3-14(15)18/h2-3,8-9,19H,4-7,10H2,1H3. The number of aryl methyl sites for hydroxylation is 1. The van der Waals surface area contributed by atoms with Crippen LogP contribution < -0.4 is 9.62 Å². The van der Waals surface area contributed by atoms with E-state index in [4.69, 9.17) is 4.74 Å². The minimum Gasteiger partial charge on any atom is -0.378 e. The Hall–Kier alpha value is -2.17. The summed E-state index contributed by atoms with van der Waals surface area (Å²) in [5, 5.41) is 0. The van der Waals surface area contributed by atoms with Gasteiger partial charge in [-0.15, -0.1) is 0 Å². The number of aromatic nitrogens is 2. The van der Waals surface area contributed by atoms with Gasteiger partial charge in [0.1, 0.15) is 16.5 Å². The normalized spacial score (nSPS) is 15.3.